The van der Waals surface area contributed by atoms with Gasteiger partial charge in [-0.25, -0.2) is 0 Å². The fourth-order valence-electron chi connectivity index (χ4n) is 4.27. The zero-order valence-electron chi connectivity index (χ0n) is 13.1. The first-order valence-electron chi connectivity index (χ1n) is 8.62. The van der Waals surface area contributed by atoms with Crippen molar-refractivity contribution in [2.24, 2.45) is 0 Å². The minimum Gasteiger partial charge on any atom is -0.296 e. The number of rotatable bonds is 3. The lowest BCUT2D eigenvalue weighted by Gasteiger charge is -2.54. The summed E-state index contributed by atoms with van der Waals surface area (Å²) < 4.78 is 1.94. The Morgan fingerprint density at radius 1 is 0.955 bits per heavy atom. The van der Waals surface area contributed by atoms with Crippen molar-refractivity contribution in [3.63, 3.8) is 0 Å². The molecule has 122 valence electrons. The van der Waals surface area contributed by atoms with Gasteiger partial charge in [0.05, 0.1) is 0 Å². The molecular weight excluding hydrogens is 280 g/mol. The van der Waals surface area contributed by atoms with Crippen molar-refractivity contribution in [1.82, 2.24) is 40.6 Å². The van der Waals surface area contributed by atoms with Gasteiger partial charge in [-0.3, -0.25) is 20.4 Å². The van der Waals surface area contributed by atoms with E-state index in [0.29, 0.717) is 0 Å². The molecule has 0 amide bonds. The normalized spacial score (nSPS) is 35.0. The molecule has 0 radical (unpaired) electrons. The maximum absolute atomic E-state index is 4.29. The largest absolute Gasteiger partial charge is 0.296 e. The van der Waals surface area contributed by atoms with Crippen LogP contribution in [0.3, 0.4) is 0 Å². The number of piperidine rings is 1. The Morgan fingerprint density at radius 2 is 1.73 bits per heavy atom. The number of nitrogens with zero attached hydrogens (tertiary/aromatic N) is 6. The van der Waals surface area contributed by atoms with E-state index in [1.807, 2.05) is 4.68 Å². The molecule has 1 aromatic rings. The Morgan fingerprint density at radius 3 is 2.45 bits per heavy atom. The smallest absolute Gasteiger partial charge is 0.201 e. The van der Waals surface area contributed by atoms with Gasteiger partial charge in [0.1, 0.15) is 12.5 Å². The zero-order valence-corrected chi connectivity index (χ0v) is 13.1. The van der Waals surface area contributed by atoms with Crippen molar-refractivity contribution < 1.29 is 0 Å². The maximum atomic E-state index is 4.29. The van der Waals surface area contributed by atoms with Crippen LogP contribution in [0.2, 0.25) is 0 Å². The summed E-state index contributed by atoms with van der Waals surface area (Å²) >= 11 is 0. The van der Waals surface area contributed by atoms with E-state index in [2.05, 4.69) is 36.0 Å². The van der Waals surface area contributed by atoms with E-state index >= 15 is 0 Å². The number of tetrazole rings is 1. The van der Waals surface area contributed by atoms with E-state index in [0.717, 1.165) is 39.3 Å². The molecule has 0 aromatic carbocycles. The highest BCUT2D eigenvalue weighted by Crippen LogP contribution is 2.31. The van der Waals surface area contributed by atoms with Gasteiger partial charge in [-0.05, 0) is 49.2 Å². The highest BCUT2D eigenvalue weighted by molar-refractivity contribution is 4.98. The second-order valence-corrected chi connectivity index (χ2v) is 6.55. The van der Waals surface area contributed by atoms with Crippen molar-refractivity contribution in [3.8, 4) is 0 Å². The fourth-order valence-corrected chi connectivity index (χ4v) is 4.27. The summed E-state index contributed by atoms with van der Waals surface area (Å²) in [6.45, 7) is 6.41. The van der Waals surface area contributed by atoms with E-state index in [1.54, 1.807) is 6.33 Å². The van der Waals surface area contributed by atoms with Gasteiger partial charge in [0.2, 0.25) is 5.79 Å². The minimum absolute atomic E-state index is 0.213. The van der Waals surface area contributed by atoms with E-state index in [-0.39, 0.29) is 12.0 Å². The van der Waals surface area contributed by atoms with Crippen LogP contribution in [-0.4, -0.2) is 75.4 Å². The Hall–Kier alpha value is -1.09. The summed E-state index contributed by atoms with van der Waals surface area (Å²) in [4.78, 5) is 5.10. The van der Waals surface area contributed by atoms with E-state index in [1.165, 1.54) is 32.1 Å². The molecule has 2 unspecified atom stereocenters. The highest BCUT2D eigenvalue weighted by atomic mass is 15.7. The molecule has 0 bridgehead atoms. The van der Waals surface area contributed by atoms with E-state index < -0.39 is 0 Å². The van der Waals surface area contributed by atoms with Crippen LogP contribution in [0.15, 0.2) is 6.33 Å². The third kappa shape index (κ3) is 2.34. The van der Waals surface area contributed by atoms with Gasteiger partial charge < -0.3 is 0 Å². The molecule has 3 fully saturated rings. The quantitative estimate of drug-likeness (QED) is 0.771. The maximum Gasteiger partial charge on any atom is 0.201 e. The Bertz CT molecular complexity index is 465. The van der Waals surface area contributed by atoms with E-state index in [4.69, 9.17) is 0 Å². The first-order chi connectivity index (χ1) is 10.9. The molecule has 0 saturated carbocycles. The predicted molar refractivity (Wildman–Crippen MR) is 81.8 cm³/mol. The third-order valence-electron chi connectivity index (χ3n) is 5.27. The van der Waals surface area contributed by atoms with E-state index in [9.17, 15) is 0 Å². The molecule has 22 heavy (non-hydrogen) atoms. The molecule has 8 nitrogen and oxygen atoms in total. The van der Waals surface area contributed by atoms with Gasteiger partial charge in [-0.1, -0.05) is 6.42 Å². The van der Waals surface area contributed by atoms with Crippen molar-refractivity contribution in [3.05, 3.63) is 6.33 Å². The third-order valence-corrected chi connectivity index (χ3v) is 5.27. The zero-order chi connectivity index (χ0) is 14.8. The second-order valence-electron chi connectivity index (χ2n) is 6.55. The van der Waals surface area contributed by atoms with Crippen LogP contribution in [0.4, 0.5) is 0 Å². The van der Waals surface area contributed by atoms with Crippen molar-refractivity contribution in [2.75, 3.05) is 39.3 Å². The van der Waals surface area contributed by atoms with Gasteiger partial charge >= 0.3 is 0 Å². The van der Waals surface area contributed by atoms with Crippen LogP contribution in [0.5, 0.6) is 0 Å². The number of hydrogen-bond acceptors (Lipinski definition) is 7. The summed E-state index contributed by atoms with van der Waals surface area (Å²) in [6, 6.07) is 0. The lowest BCUT2D eigenvalue weighted by molar-refractivity contribution is -0.125. The average molecular weight is 306 g/mol. The molecule has 1 aromatic heterocycles. The van der Waals surface area contributed by atoms with Crippen LogP contribution in [-0.2, 0) is 5.79 Å². The van der Waals surface area contributed by atoms with Crippen LogP contribution in [0, 0.1) is 0 Å². The molecule has 2 N–H and O–H groups in total. The minimum atomic E-state index is -0.369. The summed E-state index contributed by atoms with van der Waals surface area (Å²) in [6.07, 6.45) is 8.36. The number of nitrogens with one attached hydrogen (secondary N) is 2. The van der Waals surface area contributed by atoms with Crippen LogP contribution in [0.25, 0.3) is 0 Å². The van der Waals surface area contributed by atoms with Crippen molar-refractivity contribution in [2.45, 2.75) is 44.1 Å². The second kappa shape index (κ2) is 6.19. The summed E-state index contributed by atoms with van der Waals surface area (Å²) in [7, 11) is 0. The molecule has 3 saturated heterocycles. The number of hydrogen-bond donors (Lipinski definition) is 2. The van der Waals surface area contributed by atoms with Crippen molar-refractivity contribution in [1.29, 1.82) is 0 Å². The average Bonchev–Trinajstić information content (AvgIpc) is 3.29. The molecular formula is C14H26N8. The Balaban J connectivity index is 1.73. The highest BCUT2D eigenvalue weighted by Gasteiger charge is 2.51. The first kappa shape index (κ1) is 14.5. The van der Waals surface area contributed by atoms with Gasteiger partial charge in [-0.15, -0.1) is 5.10 Å². The summed E-state index contributed by atoms with van der Waals surface area (Å²) in [5.41, 5.74) is 0. The van der Waals surface area contributed by atoms with Crippen LogP contribution < -0.4 is 10.6 Å². The van der Waals surface area contributed by atoms with Gasteiger partial charge in [0.25, 0.3) is 0 Å². The van der Waals surface area contributed by atoms with Crippen LogP contribution >= 0.6 is 0 Å². The summed E-state index contributed by atoms with van der Waals surface area (Å²) in [5, 5.41) is 19.6. The molecule has 4 heterocycles. The molecule has 4 rings (SSSR count). The number of piperazine rings is 1. The molecule has 8 heteroatoms. The SMILES string of the molecule is c1nnnn1C1(N2CCCCC2)NCCNC1N1CCCC1. The number of aromatic nitrogens is 4. The molecule has 0 spiro atoms. The molecule has 0 aliphatic carbocycles. The number of likely N-dealkylation sites (tertiary alicyclic amines) is 2. The van der Waals surface area contributed by atoms with Crippen molar-refractivity contribution >= 4 is 0 Å². The fraction of sp³-hybridized carbons (Fsp3) is 0.929. The lowest BCUT2D eigenvalue weighted by atomic mass is 10.0. The Labute approximate surface area is 131 Å². The van der Waals surface area contributed by atoms with Crippen LogP contribution in [0.1, 0.15) is 32.1 Å². The standard InChI is InChI=1S/C14H26N8/c1-2-10-21(11-3-1)14(22-12-17-18-19-22)13(15-6-7-16-14)20-8-4-5-9-20/h12-13,15-16H,1-11H2. The topological polar surface area (TPSA) is 74.1 Å². The predicted octanol–water partition coefficient (Wildman–Crippen LogP) is -0.616. The first-order valence-corrected chi connectivity index (χ1v) is 8.62. The lowest BCUT2D eigenvalue weighted by Crippen LogP contribution is -2.78. The summed E-state index contributed by atoms with van der Waals surface area (Å²) in [5.74, 6) is -0.369. The van der Waals surface area contributed by atoms with Gasteiger partial charge in [-0.2, -0.15) is 4.68 Å². The monoisotopic (exact) mass is 306 g/mol. The molecule has 3 aliphatic heterocycles. The van der Waals surface area contributed by atoms with Gasteiger partial charge in [0, 0.05) is 26.2 Å². The Kier molecular flexibility index (Phi) is 4.08. The molecule has 3 aliphatic rings. The molecule has 2 atom stereocenters. The van der Waals surface area contributed by atoms with Gasteiger partial charge in [0.15, 0.2) is 0 Å².